The number of hydrogen-bond donors (Lipinski definition) is 1. The summed E-state index contributed by atoms with van der Waals surface area (Å²) in [5, 5.41) is 10.5. The van der Waals surface area contributed by atoms with Crippen molar-refractivity contribution in [3.8, 4) is 10.4 Å². The maximum absolute atomic E-state index is 10.5. The lowest BCUT2D eigenvalue weighted by atomic mass is 9.94. The summed E-state index contributed by atoms with van der Waals surface area (Å²) in [7, 11) is 0. The fourth-order valence-electron chi connectivity index (χ4n) is 2.33. The quantitative estimate of drug-likeness (QED) is 0.716. The van der Waals surface area contributed by atoms with E-state index < -0.39 is 5.60 Å². The Morgan fingerprint density at radius 3 is 2.73 bits per heavy atom. The van der Waals surface area contributed by atoms with Gasteiger partial charge >= 0.3 is 0 Å². The van der Waals surface area contributed by atoms with Crippen molar-refractivity contribution in [3.63, 3.8) is 0 Å². The second-order valence-electron chi connectivity index (χ2n) is 4.22. The highest BCUT2D eigenvalue weighted by molar-refractivity contribution is 7.15. The number of aryl methyl sites for hydroxylation is 1. The maximum Gasteiger partial charge on any atom is 0.114 e. The fraction of sp³-hybridized carbons (Fsp3) is 0.231. The molecule has 0 radical (unpaired) electrons. The zero-order valence-electron chi connectivity index (χ0n) is 8.74. The van der Waals surface area contributed by atoms with Gasteiger partial charge in [0.1, 0.15) is 5.60 Å². The molecule has 1 aromatic heterocycles. The maximum atomic E-state index is 10.5. The largest absolute Gasteiger partial charge is 0.381 e. The molecule has 1 aliphatic rings. The zero-order chi connectivity index (χ0) is 10.6. The zero-order valence-corrected chi connectivity index (χ0v) is 9.56. The molecule has 0 spiro atoms. The number of hydrogen-bond acceptors (Lipinski definition) is 2. The van der Waals surface area contributed by atoms with Crippen molar-refractivity contribution in [1.82, 2.24) is 0 Å². The molecule has 0 bridgehead atoms. The first kappa shape index (κ1) is 9.13. The van der Waals surface area contributed by atoms with Gasteiger partial charge < -0.3 is 5.11 Å². The molecule has 3 rings (SSSR count). The first-order chi connectivity index (χ1) is 7.10. The third-order valence-electron chi connectivity index (χ3n) is 3.08. The third kappa shape index (κ3) is 1.06. The van der Waals surface area contributed by atoms with E-state index in [0.717, 1.165) is 11.1 Å². The van der Waals surface area contributed by atoms with Crippen LogP contribution in [0.4, 0.5) is 0 Å². The smallest absolute Gasteiger partial charge is 0.114 e. The standard InChI is InChI=1S/C13H12OS/c1-8-7-11-12(15-8)9-5-3-4-6-10(9)13(11,2)14/h3-7,14H,1-2H3. The highest BCUT2D eigenvalue weighted by Gasteiger charge is 2.38. The van der Waals surface area contributed by atoms with E-state index in [1.54, 1.807) is 11.3 Å². The number of fused-ring (bicyclic) bond motifs is 3. The molecule has 76 valence electrons. The van der Waals surface area contributed by atoms with Gasteiger partial charge in [-0.05, 0) is 31.0 Å². The summed E-state index contributed by atoms with van der Waals surface area (Å²) in [6.45, 7) is 3.96. The molecule has 2 heteroatoms. The Morgan fingerprint density at radius 1 is 1.20 bits per heavy atom. The predicted octanol–water partition coefficient (Wildman–Crippen LogP) is 3.29. The minimum Gasteiger partial charge on any atom is -0.381 e. The molecule has 1 aliphatic carbocycles. The van der Waals surface area contributed by atoms with Crippen LogP contribution in [0.25, 0.3) is 10.4 Å². The van der Waals surface area contributed by atoms with E-state index in [9.17, 15) is 5.11 Å². The first-order valence-electron chi connectivity index (χ1n) is 5.04. The summed E-state index contributed by atoms with van der Waals surface area (Å²) in [6, 6.07) is 10.2. The summed E-state index contributed by atoms with van der Waals surface area (Å²) in [6.07, 6.45) is 0. The van der Waals surface area contributed by atoms with Gasteiger partial charge in [-0.15, -0.1) is 11.3 Å². The van der Waals surface area contributed by atoms with Gasteiger partial charge in [0, 0.05) is 15.3 Å². The van der Waals surface area contributed by atoms with E-state index >= 15 is 0 Å². The number of thiophene rings is 1. The summed E-state index contributed by atoms with van der Waals surface area (Å²) in [5.41, 5.74) is 2.48. The second kappa shape index (κ2) is 2.71. The molecule has 0 saturated carbocycles. The molecule has 15 heavy (non-hydrogen) atoms. The molecular weight excluding hydrogens is 204 g/mol. The van der Waals surface area contributed by atoms with E-state index in [1.807, 2.05) is 25.1 Å². The van der Waals surface area contributed by atoms with Gasteiger partial charge in [-0.1, -0.05) is 24.3 Å². The van der Waals surface area contributed by atoms with Gasteiger partial charge in [0.2, 0.25) is 0 Å². The van der Waals surface area contributed by atoms with Crippen molar-refractivity contribution in [1.29, 1.82) is 0 Å². The monoisotopic (exact) mass is 216 g/mol. The van der Waals surface area contributed by atoms with Gasteiger partial charge in [0.05, 0.1) is 0 Å². The van der Waals surface area contributed by atoms with Crippen LogP contribution in [0.1, 0.15) is 22.9 Å². The molecule has 0 saturated heterocycles. The van der Waals surface area contributed by atoms with E-state index in [2.05, 4.69) is 19.1 Å². The summed E-state index contributed by atoms with van der Waals surface area (Å²) >= 11 is 1.76. The predicted molar refractivity (Wildman–Crippen MR) is 63.2 cm³/mol. The van der Waals surface area contributed by atoms with Crippen LogP contribution in [0.5, 0.6) is 0 Å². The van der Waals surface area contributed by atoms with Crippen LogP contribution >= 0.6 is 11.3 Å². The van der Waals surface area contributed by atoms with Crippen molar-refractivity contribution in [2.45, 2.75) is 19.4 Å². The van der Waals surface area contributed by atoms with Crippen molar-refractivity contribution in [3.05, 3.63) is 46.3 Å². The van der Waals surface area contributed by atoms with Crippen molar-refractivity contribution in [2.75, 3.05) is 0 Å². The second-order valence-corrected chi connectivity index (χ2v) is 5.47. The van der Waals surface area contributed by atoms with Gasteiger partial charge in [0.15, 0.2) is 0 Å². The molecule has 1 nitrogen and oxygen atoms in total. The SMILES string of the molecule is Cc1cc2c(s1)-c1ccccc1C2(C)O. The van der Waals surface area contributed by atoms with Crippen LogP contribution in [-0.2, 0) is 5.60 Å². The number of benzene rings is 1. The highest BCUT2D eigenvalue weighted by Crippen LogP contribution is 2.50. The molecule has 1 unspecified atom stereocenters. The molecular formula is C13H12OS. The Morgan fingerprint density at radius 2 is 1.93 bits per heavy atom. The lowest BCUT2D eigenvalue weighted by Crippen LogP contribution is -2.18. The molecule has 1 atom stereocenters. The average Bonchev–Trinajstić information content (AvgIpc) is 2.68. The molecule has 2 aromatic rings. The number of aliphatic hydroxyl groups is 1. The normalized spacial score (nSPS) is 22.6. The lowest BCUT2D eigenvalue weighted by molar-refractivity contribution is 0.107. The average molecular weight is 216 g/mol. The van der Waals surface area contributed by atoms with Crippen LogP contribution in [0, 0.1) is 6.92 Å². The Labute approximate surface area is 93.0 Å². The van der Waals surface area contributed by atoms with Crippen LogP contribution in [0.2, 0.25) is 0 Å². The summed E-state index contributed by atoms with van der Waals surface area (Å²) in [4.78, 5) is 2.49. The minimum atomic E-state index is -0.809. The molecule has 0 aliphatic heterocycles. The van der Waals surface area contributed by atoms with Crippen LogP contribution in [0.3, 0.4) is 0 Å². The summed E-state index contributed by atoms with van der Waals surface area (Å²) < 4.78 is 0. The molecule has 0 amide bonds. The topological polar surface area (TPSA) is 20.2 Å². The van der Waals surface area contributed by atoms with Crippen LogP contribution < -0.4 is 0 Å². The van der Waals surface area contributed by atoms with E-state index in [0.29, 0.717) is 0 Å². The summed E-state index contributed by atoms with van der Waals surface area (Å²) in [5.74, 6) is 0. The van der Waals surface area contributed by atoms with E-state index in [4.69, 9.17) is 0 Å². The Hall–Kier alpha value is -1.12. The van der Waals surface area contributed by atoms with Gasteiger partial charge in [-0.25, -0.2) is 0 Å². The van der Waals surface area contributed by atoms with Crippen molar-refractivity contribution < 1.29 is 5.11 Å². The Bertz CT molecular complexity index is 537. The van der Waals surface area contributed by atoms with Gasteiger partial charge in [0.25, 0.3) is 0 Å². The number of rotatable bonds is 0. The lowest BCUT2D eigenvalue weighted by Gasteiger charge is -2.18. The van der Waals surface area contributed by atoms with E-state index in [-0.39, 0.29) is 0 Å². The highest BCUT2D eigenvalue weighted by atomic mass is 32.1. The minimum absolute atomic E-state index is 0.809. The van der Waals surface area contributed by atoms with Crippen molar-refractivity contribution >= 4 is 11.3 Å². The Balaban J connectivity index is 2.40. The van der Waals surface area contributed by atoms with Crippen molar-refractivity contribution in [2.24, 2.45) is 0 Å². The molecule has 1 heterocycles. The molecule has 1 N–H and O–H groups in total. The van der Waals surface area contributed by atoms with Gasteiger partial charge in [-0.2, -0.15) is 0 Å². The molecule has 0 fully saturated rings. The first-order valence-corrected chi connectivity index (χ1v) is 5.85. The third-order valence-corrected chi connectivity index (χ3v) is 4.16. The fourth-order valence-corrected chi connectivity index (χ4v) is 3.48. The van der Waals surface area contributed by atoms with Crippen LogP contribution in [0.15, 0.2) is 30.3 Å². The van der Waals surface area contributed by atoms with Gasteiger partial charge in [-0.3, -0.25) is 0 Å². The van der Waals surface area contributed by atoms with Crippen LogP contribution in [-0.4, -0.2) is 5.11 Å². The van der Waals surface area contributed by atoms with E-state index in [1.165, 1.54) is 15.3 Å². The Kier molecular flexibility index (Phi) is 1.65. The molecule has 1 aromatic carbocycles.